The highest BCUT2D eigenvalue weighted by Gasteiger charge is 2.16. The monoisotopic (exact) mass is 260 g/mol. The Labute approximate surface area is 107 Å². The van der Waals surface area contributed by atoms with Gasteiger partial charge >= 0.3 is 0 Å². The summed E-state index contributed by atoms with van der Waals surface area (Å²) in [5, 5.41) is 28.2. The van der Waals surface area contributed by atoms with E-state index in [1.165, 1.54) is 6.92 Å². The number of benzene rings is 1. The molecule has 0 atom stereocenters. The summed E-state index contributed by atoms with van der Waals surface area (Å²) in [7, 11) is 0. The molecule has 98 valence electrons. The van der Waals surface area contributed by atoms with Crippen LogP contribution in [0.25, 0.3) is 10.9 Å². The number of hydrogen-bond donors (Lipinski definition) is 1. The van der Waals surface area contributed by atoms with E-state index in [4.69, 9.17) is 0 Å². The van der Waals surface area contributed by atoms with Crippen LogP contribution in [-0.2, 0) is 16.1 Å². The number of fused-ring (bicyclic) bond motifs is 1. The molecule has 0 aliphatic heterocycles. The van der Waals surface area contributed by atoms with Gasteiger partial charge in [0.2, 0.25) is 5.88 Å². The number of carboxylic acid groups (broad SMARTS) is 1. The third-order valence-corrected chi connectivity index (χ3v) is 2.50. The quantitative estimate of drug-likeness (QED) is 0.820. The van der Waals surface area contributed by atoms with Gasteiger partial charge in [0.1, 0.15) is 0 Å². The van der Waals surface area contributed by atoms with Gasteiger partial charge in [0.15, 0.2) is 5.69 Å². The highest BCUT2D eigenvalue weighted by molar-refractivity contribution is 5.95. The molecular formula is C12H10N3O4-. The van der Waals surface area contributed by atoms with Crippen LogP contribution in [0.15, 0.2) is 34.5 Å². The van der Waals surface area contributed by atoms with Gasteiger partial charge in [0, 0.05) is 12.3 Å². The fourth-order valence-electron chi connectivity index (χ4n) is 1.78. The summed E-state index contributed by atoms with van der Waals surface area (Å²) in [5.74, 6) is -2.22. The summed E-state index contributed by atoms with van der Waals surface area (Å²) < 4.78 is 1.14. The number of carbonyl (C=O) groups excluding carboxylic acids is 2. The number of para-hydroxylation sites is 1. The van der Waals surface area contributed by atoms with Gasteiger partial charge in [-0.25, -0.2) is 0 Å². The van der Waals surface area contributed by atoms with E-state index in [0.717, 1.165) is 4.57 Å². The van der Waals surface area contributed by atoms with Gasteiger partial charge in [-0.3, -0.25) is 4.79 Å². The Bertz CT molecular complexity index is 688. The topological polar surface area (TPSA) is 107 Å². The average molecular weight is 260 g/mol. The predicted molar refractivity (Wildman–Crippen MR) is 63.8 cm³/mol. The van der Waals surface area contributed by atoms with Crippen LogP contribution >= 0.6 is 0 Å². The molecule has 7 nitrogen and oxygen atoms in total. The molecule has 2 rings (SSSR count). The maximum absolute atomic E-state index is 10.8. The van der Waals surface area contributed by atoms with Crippen LogP contribution in [-0.4, -0.2) is 21.6 Å². The van der Waals surface area contributed by atoms with Gasteiger partial charge in [-0.2, -0.15) is 0 Å². The van der Waals surface area contributed by atoms with Crippen LogP contribution in [0.5, 0.6) is 5.88 Å². The standard InChI is InChI=1S/C12H11N3O4/c1-7(16)13-14-11-8-4-2-3-5-9(8)15(12(11)19)6-10(17)18/h2-5,19H,6H2,1H3,(H,17,18)/p-1. The molecule has 0 fully saturated rings. The molecule has 1 amide bonds. The zero-order chi connectivity index (χ0) is 14.0. The first kappa shape index (κ1) is 12.7. The number of aliphatic carboxylic acids is 1. The minimum Gasteiger partial charge on any atom is -0.548 e. The summed E-state index contributed by atoms with van der Waals surface area (Å²) >= 11 is 0. The second kappa shape index (κ2) is 4.89. The van der Waals surface area contributed by atoms with Crippen LogP contribution < -0.4 is 5.11 Å². The molecule has 0 aliphatic rings. The summed E-state index contributed by atoms with van der Waals surface area (Å²) in [5.41, 5.74) is 0.536. The molecule has 0 aliphatic carbocycles. The third kappa shape index (κ3) is 2.44. The second-order valence-electron chi connectivity index (χ2n) is 3.87. The lowest BCUT2D eigenvalue weighted by molar-refractivity contribution is -0.306. The van der Waals surface area contributed by atoms with E-state index < -0.39 is 18.4 Å². The average Bonchev–Trinajstić information content (AvgIpc) is 2.60. The van der Waals surface area contributed by atoms with Crippen molar-refractivity contribution in [2.45, 2.75) is 13.5 Å². The zero-order valence-electron chi connectivity index (χ0n) is 10.0. The Hall–Kier alpha value is -2.70. The minimum atomic E-state index is -1.34. The van der Waals surface area contributed by atoms with Crippen LogP contribution in [0.1, 0.15) is 6.92 Å². The summed E-state index contributed by atoms with van der Waals surface area (Å²) in [6, 6.07) is 6.68. The minimum absolute atomic E-state index is 0.0621. The Morgan fingerprint density at radius 1 is 1.37 bits per heavy atom. The van der Waals surface area contributed by atoms with Crippen molar-refractivity contribution < 1.29 is 19.8 Å². The Kier molecular flexibility index (Phi) is 3.28. The molecule has 0 unspecified atom stereocenters. The SMILES string of the molecule is CC(=O)N=Nc1c(O)n(CC(=O)[O-])c2ccccc12. The van der Waals surface area contributed by atoms with Crippen molar-refractivity contribution in [1.82, 2.24) is 4.57 Å². The molecule has 19 heavy (non-hydrogen) atoms. The van der Waals surface area contributed by atoms with Crippen molar-refractivity contribution in [1.29, 1.82) is 0 Å². The van der Waals surface area contributed by atoms with Crippen molar-refractivity contribution in [2.24, 2.45) is 10.2 Å². The Balaban J connectivity index is 2.66. The normalized spacial score (nSPS) is 11.2. The van der Waals surface area contributed by atoms with Crippen LogP contribution in [0, 0.1) is 0 Å². The van der Waals surface area contributed by atoms with Crippen molar-refractivity contribution in [3.8, 4) is 5.88 Å². The molecule has 0 saturated carbocycles. The lowest BCUT2D eigenvalue weighted by Crippen LogP contribution is -2.27. The van der Waals surface area contributed by atoms with E-state index >= 15 is 0 Å². The summed E-state index contributed by atoms with van der Waals surface area (Å²) in [6.45, 7) is 0.711. The number of carboxylic acids is 1. The number of aromatic nitrogens is 1. The van der Waals surface area contributed by atoms with E-state index in [2.05, 4.69) is 10.2 Å². The summed E-state index contributed by atoms with van der Waals surface area (Å²) in [6.07, 6.45) is 0. The van der Waals surface area contributed by atoms with Gasteiger partial charge in [-0.05, 0) is 6.07 Å². The molecule has 0 saturated heterocycles. The second-order valence-corrected chi connectivity index (χ2v) is 3.87. The number of aromatic hydroxyl groups is 1. The van der Waals surface area contributed by atoms with Crippen molar-refractivity contribution in [3.05, 3.63) is 24.3 Å². The molecule has 1 heterocycles. The largest absolute Gasteiger partial charge is 0.548 e. The van der Waals surface area contributed by atoms with E-state index in [1.807, 2.05) is 0 Å². The smallest absolute Gasteiger partial charge is 0.261 e. The number of rotatable bonds is 3. The number of azo groups is 1. The zero-order valence-corrected chi connectivity index (χ0v) is 10.0. The molecule has 0 radical (unpaired) electrons. The van der Waals surface area contributed by atoms with Gasteiger partial charge in [-0.15, -0.1) is 10.2 Å². The Morgan fingerprint density at radius 3 is 2.68 bits per heavy atom. The van der Waals surface area contributed by atoms with Crippen LogP contribution in [0.2, 0.25) is 0 Å². The molecule has 1 aromatic carbocycles. The van der Waals surface area contributed by atoms with Crippen molar-refractivity contribution >= 4 is 28.5 Å². The predicted octanol–water partition coefficient (Wildman–Crippen LogP) is 0.727. The number of carbonyl (C=O) groups is 2. The molecule has 2 aromatic rings. The molecule has 1 N–H and O–H groups in total. The maximum Gasteiger partial charge on any atom is 0.261 e. The van der Waals surface area contributed by atoms with Gasteiger partial charge in [-0.1, -0.05) is 18.2 Å². The van der Waals surface area contributed by atoms with E-state index in [1.54, 1.807) is 24.3 Å². The number of nitrogens with zero attached hydrogens (tertiary/aromatic N) is 3. The highest BCUT2D eigenvalue weighted by atomic mass is 16.4. The molecule has 7 heteroatoms. The highest BCUT2D eigenvalue weighted by Crippen LogP contribution is 2.38. The van der Waals surface area contributed by atoms with Crippen LogP contribution in [0.4, 0.5) is 5.69 Å². The Morgan fingerprint density at radius 2 is 2.05 bits per heavy atom. The first-order valence-corrected chi connectivity index (χ1v) is 5.43. The maximum atomic E-state index is 10.8. The van der Waals surface area contributed by atoms with Gasteiger partial charge < -0.3 is 19.6 Å². The lowest BCUT2D eigenvalue weighted by Gasteiger charge is -2.06. The fraction of sp³-hybridized carbons (Fsp3) is 0.167. The lowest BCUT2D eigenvalue weighted by atomic mass is 10.2. The van der Waals surface area contributed by atoms with Gasteiger partial charge in [0.05, 0.1) is 18.0 Å². The molecular weight excluding hydrogens is 250 g/mol. The van der Waals surface area contributed by atoms with E-state index in [0.29, 0.717) is 10.9 Å². The number of amides is 1. The van der Waals surface area contributed by atoms with E-state index in [-0.39, 0.29) is 11.6 Å². The van der Waals surface area contributed by atoms with Crippen molar-refractivity contribution in [3.63, 3.8) is 0 Å². The fourth-order valence-corrected chi connectivity index (χ4v) is 1.78. The first-order chi connectivity index (χ1) is 9.00. The van der Waals surface area contributed by atoms with Gasteiger partial charge in [0.25, 0.3) is 5.91 Å². The van der Waals surface area contributed by atoms with E-state index in [9.17, 15) is 19.8 Å². The third-order valence-electron chi connectivity index (χ3n) is 2.50. The molecule has 0 spiro atoms. The first-order valence-electron chi connectivity index (χ1n) is 5.43. The molecule has 1 aromatic heterocycles. The van der Waals surface area contributed by atoms with Crippen LogP contribution in [0.3, 0.4) is 0 Å². The summed E-state index contributed by atoms with van der Waals surface area (Å²) in [4.78, 5) is 21.5. The molecule has 0 bridgehead atoms. The van der Waals surface area contributed by atoms with Crippen molar-refractivity contribution in [2.75, 3.05) is 0 Å². The number of hydrogen-bond acceptors (Lipinski definition) is 5.